The highest BCUT2D eigenvalue weighted by atomic mass is 32.2. The van der Waals surface area contributed by atoms with E-state index in [-0.39, 0.29) is 29.5 Å². The van der Waals surface area contributed by atoms with Gasteiger partial charge in [-0.25, -0.2) is 8.42 Å². The van der Waals surface area contributed by atoms with Crippen LogP contribution < -0.4 is 0 Å². The van der Waals surface area contributed by atoms with E-state index in [4.69, 9.17) is 0 Å². The predicted molar refractivity (Wildman–Crippen MR) is 111 cm³/mol. The zero-order valence-corrected chi connectivity index (χ0v) is 17.0. The molecule has 0 unspecified atom stereocenters. The van der Waals surface area contributed by atoms with Gasteiger partial charge in [-0.3, -0.25) is 4.79 Å². The Bertz CT molecular complexity index is 935. The quantitative estimate of drug-likeness (QED) is 0.711. The van der Waals surface area contributed by atoms with Crippen molar-refractivity contribution >= 4 is 38.3 Å². The fraction of sp³-hybridized carbons (Fsp3) is 0.476. The number of thioether (sulfide) groups is 1. The zero-order chi connectivity index (χ0) is 18.9. The highest BCUT2D eigenvalue weighted by Crippen LogP contribution is 2.31. The van der Waals surface area contributed by atoms with Crippen LogP contribution in [0.4, 0.5) is 0 Å². The molecule has 1 saturated heterocycles. The first kappa shape index (κ1) is 18.8. The van der Waals surface area contributed by atoms with Gasteiger partial charge in [0.15, 0.2) is 9.84 Å². The van der Waals surface area contributed by atoms with Crippen LogP contribution in [0, 0.1) is 0 Å². The van der Waals surface area contributed by atoms with Crippen LogP contribution in [-0.4, -0.2) is 48.6 Å². The number of sulfone groups is 1. The van der Waals surface area contributed by atoms with Gasteiger partial charge < -0.3 is 4.90 Å². The molecule has 0 radical (unpaired) electrons. The smallest absolute Gasteiger partial charge is 0.233 e. The summed E-state index contributed by atoms with van der Waals surface area (Å²) in [6.45, 7) is 0. The van der Waals surface area contributed by atoms with Crippen molar-refractivity contribution in [2.75, 3.05) is 17.3 Å². The second kappa shape index (κ2) is 7.84. The highest BCUT2D eigenvalue weighted by molar-refractivity contribution is 8.00. The minimum absolute atomic E-state index is 0.0853. The van der Waals surface area contributed by atoms with Crippen LogP contribution in [0.2, 0.25) is 0 Å². The maximum Gasteiger partial charge on any atom is 0.233 e. The second-order valence-electron chi connectivity index (χ2n) is 7.59. The fourth-order valence-corrected chi connectivity index (χ4v) is 6.88. The van der Waals surface area contributed by atoms with Crippen molar-refractivity contribution in [3.8, 4) is 0 Å². The second-order valence-corrected chi connectivity index (χ2v) is 10.9. The van der Waals surface area contributed by atoms with E-state index in [9.17, 15) is 13.2 Å². The molecule has 144 valence electrons. The Morgan fingerprint density at radius 2 is 1.74 bits per heavy atom. The number of carbonyl (C=O) groups excluding carboxylic acids is 1. The molecule has 1 aliphatic heterocycles. The van der Waals surface area contributed by atoms with Gasteiger partial charge in [-0.05, 0) is 42.2 Å². The highest BCUT2D eigenvalue weighted by Gasteiger charge is 2.38. The first-order chi connectivity index (χ1) is 13.0. The summed E-state index contributed by atoms with van der Waals surface area (Å²) >= 11 is 1.55. The number of nitrogens with zero attached hydrogens (tertiary/aromatic N) is 1. The van der Waals surface area contributed by atoms with Crippen molar-refractivity contribution in [3.63, 3.8) is 0 Å². The summed E-state index contributed by atoms with van der Waals surface area (Å²) in [7, 11) is -3.00. The van der Waals surface area contributed by atoms with Crippen LogP contribution in [0.5, 0.6) is 0 Å². The van der Waals surface area contributed by atoms with E-state index >= 15 is 0 Å². The van der Waals surface area contributed by atoms with E-state index in [1.54, 1.807) is 11.8 Å². The Labute approximate surface area is 165 Å². The molecule has 1 aliphatic carbocycles. The minimum atomic E-state index is -3.00. The maximum atomic E-state index is 13.1. The summed E-state index contributed by atoms with van der Waals surface area (Å²) in [5.74, 6) is 0.801. The molecule has 6 heteroatoms. The van der Waals surface area contributed by atoms with Gasteiger partial charge in [0.05, 0.1) is 17.3 Å². The number of hydrogen-bond acceptors (Lipinski definition) is 4. The van der Waals surface area contributed by atoms with Gasteiger partial charge in [0, 0.05) is 17.0 Å². The lowest BCUT2D eigenvalue weighted by molar-refractivity contribution is -0.132. The fourth-order valence-electron chi connectivity index (χ4n) is 4.36. The summed E-state index contributed by atoms with van der Waals surface area (Å²) in [6, 6.07) is 14.5. The maximum absolute atomic E-state index is 13.1. The van der Waals surface area contributed by atoms with E-state index in [2.05, 4.69) is 30.3 Å². The van der Waals surface area contributed by atoms with Gasteiger partial charge in [-0.1, -0.05) is 43.2 Å². The normalized spacial score (nSPS) is 22.3. The number of amides is 1. The lowest BCUT2D eigenvalue weighted by Crippen LogP contribution is -2.47. The molecule has 4 rings (SSSR count). The molecule has 1 amide bonds. The lowest BCUT2D eigenvalue weighted by atomic mass is 10.1. The van der Waals surface area contributed by atoms with Crippen molar-refractivity contribution in [1.82, 2.24) is 4.90 Å². The van der Waals surface area contributed by atoms with Crippen LogP contribution in [0.25, 0.3) is 10.8 Å². The molecule has 0 aromatic heterocycles. The number of rotatable bonds is 5. The van der Waals surface area contributed by atoms with Gasteiger partial charge in [0.2, 0.25) is 5.91 Å². The zero-order valence-electron chi connectivity index (χ0n) is 15.3. The third-order valence-corrected chi connectivity index (χ3v) is 8.42. The molecular formula is C21H25NO3S2. The Morgan fingerprint density at radius 3 is 2.44 bits per heavy atom. The van der Waals surface area contributed by atoms with E-state index in [0.29, 0.717) is 12.2 Å². The lowest BCUT2D eigenvalue weighted by Gasteiger charge is -2.34. The molecule has 4 nitrogen and oxygen atoms in total. The van der Waals surface area contributed by atoms with Crippen molar-refractivity contribution in [1.29, 1.82) is 0 Å². The van der Waals surface area contributed by atoms with Gasteiger partial charge in [-0.15, -0.1) is 11.8 Å². The molecule has 2 aromatic carbocycles. The summed E-state index contributed by atoms with van der Waals surface area (Å²) < 4.78 is 23.9. The molecule has 2 aliphatic rings. The van der Waals surface area contributed by atoms with Crippen LogP contribution in [-0.2, 0) is 14.6 Å². The minimum Gasteiger partial charge on any atom is -0.335 e. The Balaban J connectivity index is 1.47. The molecule has 1 atom stereocenters. The molecular weight excluding hydrogens is 378 g/mol. The molecule has 2 aromatic rings. The molecule has 0 spiro atoms. The topological polar surface area (TPSA) is 54.5 Å². The Morgan fingerprint density at radius 1 is 1.00 bits per heavy atom. The van der Waals surface area contributed by atoms with Crippen LogP contribution in [0.1, 0.15) is 32.1 Å². The standard InChI is InChI=1S/C21H25NO3S2/c23-21(14-26-20-10-9-16-5-1-2-6-17(16)13-20)22(18-7-3-4-8-18)19-11-12-27(24,25)15-19/h1-2,5-6,9-10,13,18-19H,3-4,7-8,11-12,14-15H2/t19-/m0/s1. The SMILES string of the molecule is O=C(CSc1ccc2ccccc2c1)N(C1CCCC1)[C@H]1CCS(=O)(=O)C1. The Hall–Kier alpha value is -1.53. The average molecular weight is 404 g/mol. The van der Waals surface area contributed by atoms with Crippen molar-refractivity contribution in [3.05, 3.63) is 42.5 Å². The van der Waals surface area contributed by atoms with Crippen LogP contribution in [0.15, 0.2) is 47.4 Å². The van der Waals surface area contributed by atoms with Gasteiger partial charge in [0.1, 0.15) is 0 Å². The third-order valence-electron chi connectivity index (χ3n) is 5.69. The van der Waals surface area contributed by atoms with Gasteiger partial charge >= 0.3 is 0 Å². The largest absolute Gasteiger partial charge is 0.335 e. The summed E-state index contributed by atoms with van der Waals surface area (Å²) in [5.41, 5.74) is 0. The predicted octanol–water partition coefficient (Wildman–Crippen LogP) is 3.89. The average Bonchev–Trinajstić information content (AvgIpc) is 3.30. The van der Waals surface area contributed by atoms with E-state index in [0.717, 1.165) is 30.6 Å². The van der Waals surface area contributed by atoms with Crippen LogP contribution >= 0.6 is 11.8 Å². The Kier molecular flexibility index (Phi) is 5.46. The summed E-state index contributed by atoms with van der Waals surface area (Å²) in [5, 5.41) is 2.36. The number of carbonyl (C=O) groups is 1. The molecule has 27 heavy (non-hydrogen) atoms. The number of hydrogen-bond donors (Lipinski definition) is 0. The number of benzene rings is 2. The van der Waals surface area contributed by atoms with Gasteiger partial charge in [0.25, 0.3) is 0 Å². The third kappa shape index (κ3) is 4.32. The van der Waals surface area contributed by atoms with E-state index < -0.39 is 9.84 Å². The van der Waals surface area contributed by atoms with Crippen molar-refractivity contribution < 1.29 is 13.2 Å². The molecule has 0 bridgehead atoms. The number of fused-ring (bicyclic) bond motifs is 1. The van der Waals surface area contributed by atoms with Gasteiger partial charge in [-0.2, -0.15) is 0 Å². The van der Waals surface area contributed by atoms with Crippen molar-refractivity contribution in [2.24, 2.45) is 0 Å². The summed E-state index contributed by atoms with van der Waals surface area (Å²) in [6.07, 6.45) is 4.86. The summed E-state index contributed by atoms with van der Waals surface area (Å²) in [4.78, 5) is 16.1. The monoisotopic (exact) mass is 403 g/mol. The first-order valence-electron chi connectivity index (χ1n) is 9.65. The van der Waals surface area contributed by atoms with E-state index in [1.807, 2.05) is 17.0 Å². The molecule has 0 N–H and O–H groups in total. The van der Waals surface area contributed by atoms with Crippen molar-refractivity contribution in [2.45, 2.75) is 49.1 Å². The first-order valence-corrected chi connectivity index (χ1v) is 12.5. The van der Waals surface area contributed by atoms with Crippen LogP contribution in [0.3, 0.4) is 0 Å². The molecule has 1 heterocycles. The molecule has 1 saturated carbocycles. The van der Waals surface area contributed by atoms with E-state index in [1.165, 1.54) is 10.8 Å². The molecule has 2 fully saturated rings.